The molecule has 98 valence electrons. The number of thioether (sulfide) groups is 1. The fourth-order valence-electron chi connectivity index (χ4n) is 2.15. The van der Waals surface area contributed by atoms with Crippen LogP contribution in [0.15, 0.2) is 5.03 Å². The molecule has 6 heteroatoms. The first-order valence-electron chi connectivity index (χ1n) is 6.03. The van der Waals surface area contributed by atoms with Gasteiger partial charge in [-0.2, -0.15) is 5.10 Å². The third kappa shape index (κ3) is 2.58. The second-order valence-electron chi connectivity index (χ2n) is 4.42. The first-order valence-corrected chi connectivity index (χ1v) is 7.01. The molecular weight excluding hydrogens is 250 g/mol. The predicted octanol–water partition coefficient (Wildman–Crippen LogP) is 1.26. The van der Waals surface area contributed by atoms with Gasteiger partial charge in [-0.1, -0.05) is 11.8 Å². The van der Waals surface area contributed by atoms with Crippen LogP contribution < -0.4 is 0 Å². The number of carbonyl (C=O) groups is 2. The van der Waals surface area contributed by atoms with Crippen LogP contribution in [0.25, 0.3) is 0 Å². The minimum absolute atomic E-state index is 0.146. The summed E-state index contributed by atoms with van der Waals surface area (Å²) in [5.41, 5.74) is 1.31. The smallest absolute Gasteiger partial charge is 0.232 e. The minimum Gasteiger partial charge on any atom is -0.342 e. The fourth-order valence-corrected chi connectivity index (χ4v) is 3.17. The molecular formula is C12H17N3O2S. The van der Waals surface area contributed by atoms with Crippen molar-refractivity contribution in [3.05, 3.63) is 11.3 Å². The lowest BCUT2D eigenvalue weighted by atomic mass is 10.3. The molecule has 0 aliphatic carbocycles. The number of hydrogen-bond donors (Lipinski definition) is 0. The molecule has 0 N–H and O–H groups in total. The summed E-state index contributed by atoms with van der Waals surface area (Å²) in [6, 6.07) is 0. The highest BCUT2D eigenvalue weighted by Gasteiger charge is 2.20. The molecule has 1 saturated heterocycles. The van der Waals surface area contributed by atoms with Gasteiger partial charge < -0.3 is 4.90 Å². The quantitative estimate of drug-likeness (QED) is 0.608. The van der Waals surface area contributed by atoms with E-state index in [1.165, 1.54) is 11.8 Å². The van der Waals surface area contributed by atoms with Gasteiger partial charge in [0.1, 0.15) is 5.03 Å². The van der Waals surface area contributed by atoms with Gasteiger partial charge in [-0.25, -0.2) is 0 Å². The van der Waals surface area contributed by atoms with Crippen molar-refractivity contribution in [2.24, 2.45) is 7.05 Å². The maximum atomic E-state index is 11.9. The molecule has 0 radical (unpaired) electrons. The fraction of sp³-hybridized carbons (Fsp3) is 0.583. The Balaban J connectivity index is 2.01. The molecule has 1 aromatic heterocycles. The molecule has 0 unspecified atom stereocenters. The predicted molar refractivity (Wildman–Crippen MR) is 69.9 cm³/mol. The summed E-state index contributed by atoms with van der Waals surface area (Å²) in [5.74, 6) is 0.521. The second kappa shape index (κ2) is 5.56. The molecule has 2 heterocycles. The van der Waals surface area contributed by atoms with Gasteiger partial charge in [-0.3, -0.25) is 14.3 Å². The van der Waals surface area contributed by atoms with Crippen LogP contribution in [0.4, 0.5) is 0 Å². The lowest BCUT2D eigenvalue weighted by molar-refractivity contribution is -0.127. The SMILES string of the molecule is Cc1nn(C)c(SCC(=O)N2CCCC2)c1C=O. The van der Waals surface area contributed by atoms with Gasteiger partial charge in [0.2, 0.25) is 5.91 Å². The number of amides is 1. The van der Waals surface area contributed by atoms with E-state index in [0.717, 1.165) is 37.2 Å². The zero-order chi connectivity index (χ0) is 13.1. The van der Waals surface area contributed by atoms with Crippen LogP contribution in [-0.4, -0.2) is 45.7 Å². The largest absolute Gasteiger partial charge is 0.342 e. The van der Waals surface area contributed by atoms with Gasteiger partial charge in [-0.15, -0.1) is 0 Å². The summed E-state index contributed by atoms with van der Waals surface area (Å²) in [5, 5.41) is 4.97. The van der Waals surface area contributed by atoms with Crippen molar-refractivity contribution in [2.75, 3.05) is 18.8 Å². The highest BCUT2D eigenvalue weighted by Crippen LogP contribution is 2.24. The molecule has 1 aliphatic heterocycles. The van der Waals surface area contributed by atoms with Crippen LogP contribution in [0.3, 0.4) is 0 Å². The molecule has 0 saturated carbocycles. The molecule has 0 atom stereocenters. The van der Waals surface area contributed by atoms with E-state index in [0.29, 0.717) is 17.0 Å². The van der Waals surface area contributed by atoms with Crippen molar-refractivity contribution in [3.8, 4) is 0 Å². The van der Waals surface area contributed by atoms with E-state index in [4.69, 9.17) is 0 Å². The first-order chi connectivity index (χ1) is 8.63. The highest BCUT2D eigenvalue weighted by atomic mass is 32.2. The number of aldehydes is 1. The summed E-state index contributed by atoms with van der Waals surface area (Å²) in [6.45, 7) is 3.53. The first kappa shape index (κ1) is 13.1. The maximum Gasteiger partial charge on any atom is 0.232 e. The molecule has 18 heavy (non-hydrogen) atoms. The monoisotopic (exact) mass is 267 g/mol. The van der Waals surface area contributed by atoms with Crippen molar-refractivity contribution in [1.29, 1.82) is 0 Å². The van der Waals surface area contributed by atoms with Crippen molar-refractivity contribution in [1.82, 2.24) is 14.7 Å². The topological polar surface area (TPSA) is 55.2 Å². The van der Waals surface area contributed by atoms with Gasteiger partial charge in [-0.05, 0) is 19.8 Å². The lowest BCUT2D eigenvalue weighted by Crippen LogP contribution is -2.29. The van der Waals surface area contributed by atoms with Crippen LogP contribution in [-0.2, 0) is 11.8 Å². The van der Waals surface area contributed by atoms with Gasteiger partial charge in [0, 0.05) is 20.1 Å². The van der Waals surface area contributed by atoms with Crippen LogP contribution in [0.5, 0.6) is 0 Å². The Labute approximate surface area is 111 Å². The Morgan fingerprint density at radius 2 is 2.11 bits per heavy atom. The number of hydrogen-bond acceptors (Lipinski definition) is 4. The van der Waals surface area contributed by atoms with E-state index in [1.807, 2.05) is 4.90 Å². The Kier molecular flexibility index (Phi) is 4.06. The van der Waals surface area contributed by atoms with Crippen molar-refractivity contribution in [3.63, 3.8) is 0 Å². The number of rotatable bonds is 4. The van der Waals surface area contributed by atoms with E-state index in [2.05, 4.69) is 5.10 Å². The van der Waals surface area contributed by atoms with Gasteiger partial charge in [0.15, 0.2) is 6.29 Å². The molecule has 1 amide bonds. The highest BCUT2D eigenvalue weighted by molar-refractivity contribution is 8.00. The van der Waals surface area contributed by atoms with Crippen molar-refractivity contribution >= 4 is 24.0 Å². The molecule has 1 aromatic rings. The van der Waals surface area contributed by atoms with E-state index in [9.17, 15) is 9.59 Å². The van der Waals surface area contributed by atoms with Gasteiger partial charge >= 0.3 is 0 Å². The third-order valence-electron chi connectivity index (χ3n) is 3.12. The number of aryl methyl sites for hydroxylation is 2. The number of nitrogens with zero attached hydrogens (tertiary/aromatic N) is 3. The van der Waals surface area contributed by atoms with Crippen molar-refractivity contribution in [2.45, 2.75) is 24.8 Å². The second-order valence-corrected chi connectivity index (χ2v) is 5.39. The van der Waals surface area contributed by atoms with E-state index < -0.39 is 0 Å². The molecule has 1 fully saturated rings. The number of likely N-dealkylation sites (tertiary alicyclic amines) is 1. The zero-order valence-corrected chi connectivity index (χ0v) is 11.5. The average Bonchev–Trinajstić information content (AvgIpc) is 2.94. The van der Waals surface area contributed by atoms with Crippen LogP contribution >= 0.6 is 11.8 Å². The Hall–Kier alpha value is -1.30. The molecule has 5 nitrogen and oxygen atoms in total. The summed E-state index contributed by atoms with van der Waals surface area (Å²) in [6.07, 6.45) is 3.01. The van der Waals surface area contributed by atoms with Crippen LogP contribution in [0, 0.1) is 6.92 Å². The van der Waals surface area contributed by atoms with Crippen molar-refractivity contribution < 1.29 is 9.59 Å². The third-order valence-corrected chi connectivity index (χ3v) is 4.27. The molecule has 0 spiro atoms. The molecule has 0 bridgehead atoms. The molecule has 2 rings (SSSR count). The zero-order valence-electron chi connectivity index (χ0n) is 10.7. The normalized spacial score (nSPS) is 15.1. The van der Waals surface area contributed by atoms with Gasteiger partial charge in [0.25, 0.3) is 0 Å². The summed E-state index contributed by atoms with van der Waals surface area (Å²) in [4.78, 5) is 24.8. The average molecular weight is 267 g/mol. The van der Waals surface area contributed by atoms with Gasteiger partial charge in [0.05, 0.1) is 17.0 Å². The Bertz CT molecular complexity index is 464. The number of carbonyl (C=O) groups excluding carboxylic acids is 2. The molecule has 0 aromatic carbocycles. The Morgan fingerprint density at radius 1 is 1.44 bits per heavy atom. The lowest BCUT2D eigenvalue weighted by Gasteiger charge is -2.14. The van der Waals surface area contributed by atoms with E-state index in [1.54, 1.807) is 18.7 Å². The summed E-state index contributed by atoms with van der Waals surface area (Å²) >= 11 is 1.39. The Morgan fingerprint density at radius 3 is 2.72 bits per heavy atom. The maximum absolute atomic E-state index is 11.9. The van der Waals surface area contributed by atoms with E-state index in [-0.39, 0.29) is 5.91 Å². The summed E-state index contributed by atoms with van der Waals surface area (Å²) in [7, 11) is 1.79. The van der Waals surface area contributed by atoms with Crippen LogP contribution in [0.2, 0.25) is 0 Å². The summed E-state index contributed by atoms with van der Waals surface area (Å²) < 4.78 is 1.67. The minimum atomic E-state index is 0.146. The molecule has 1 aliphatic rings. The number of aromatic nitrogens is 2. The van der Waals surface area contributed by atoms with Crippen LogP contribution in [0.1, 0.15) is 28.9 Å². The standard InChI is InChI=1S/C12H17N3O2S/c1-9-10(7-16)12(14(2)13-9)18-8-11(17)15-5-3-4-6-15/h7H,3-6,8H2,1-2H3. The van der Waals surface area contributed by atoms with E-state index >= 15 is 0 Å².